The minimum Gasteiger partial charge on any atom is -0.505 e. The molecule has 1 N–H and O–H groups in total. The summed E-state index contributed by atoms with van der Waals surface area (Å²) in [4.78, 5) is 13.2. The van der Waals surface area contributed by atoms with Crippen LogP contribution in [0, 0.1) is 0 Å². The highest BCUT2D eigenvalue weighted by Gasteiger charge is 2.26. The molecular weight excluding hydrogens is 342 g/mol. The number of fused-ring (bicyclic) bond motifs is 1. The van der Waals surface area contributed by atoms with Gasteiger partial charge in [-0.15, -0.1) is 15.0 Å². The summed E-state index contributed by atoms with van der Waals surface area (Å²) in [5.41, 5.74) is 3.34. The van der Waals surface area contributed by atoms with E-state index in [1.54, 1.807) is 13.0 Å². The number of ether oxygens (including phenoxy) is 1. The average molecular weight is 365 g/mol. The Morgan fingerprint density at radius 2 is 1.74 bits per heavy atom. The molecule has 1 aromatic heterocycles. The predicted molar refractivity (Wildman–Crippen MR) is 104 cm³/mol. The van der Waals surface area contributed by atoms with Crippen LogP contribution in [0.3, 0.4) is 0 Å². The summed E-state index contributed by atoms with van der Waals surface area (Å²) in [5, 5.41) is 19.9. The third-order valence-corrected chi connectivity index (χ3v) is 4.20. The molecule has 0 fully saturated rings. The van der Waals surface area contributed by atoms with Crippen molar-refractivity contribution in [1.82, 2.24) is 15.0 Å². The summed E-state index contributed by atoms with van der Waals surface area (Å²) in [7, 11) is 0. The molecule has 0 spiro atoms. The minimum absolute atomic E-state index is 0.0562. The van der Waals surface area contributed by atoms with Crippen LogP contribution in [0.5, 0.6) is 5.75 Å². The molecule has 0 aliphatic carbocycles. The summed E-state index contributed by atoms with van der Waals surface area (Å²) in [6.07, 6.45) is 0. The summed E-state index contributed by atoms with van der Waals surface area (Å²) in [6.45, 7) is 11.2. The van der Waals surface area contributed by atoms with Crippen molar-refractivity contribution >= 4 is 17.0 Å². The molecule has 0 aliphatic heterocycles. The van der Waals surface area contributed by atoms with E-state index in [1.165, 1.54) is 4.80 Å². The third-order valence-electron chi connectivity index (χ3n) is 4.20. The van der Waals surface area contributed by atoms with Crippen LogP contribution in [0.15, 0.2) is 48.6 Å². The van der Waals surface area contributed by atoms with Gasteiger partial charge in [-0.05, 0) is 36.1 Å². The molecule has 2 aromatic carbocycles. The molecule has 6 nitrogen and oxygen atoms in total. The van der Waals surface area contributed by atoms with Crippen LogP contribution < -0.4 is 0 Å². The van der Waals surface area contributed by atoms with Crippen molar-refractivity contribution in [3.8, 4) is 11.4 Å². The minimum atomic E-state index is -0.460. The monoisotopic (exact) mass is 365 g/mol. The van der Waals surface area contributed by atoms with Gasteiger partial charge in [-0.2, -0.15) is 0 Å². The van der Waals surface area contributed by atoms with E-state index in [9.17, 15) is 9.90 Å². The van der Waals surface area contributed by atoms with Crippen LogP contribution in [-0.2, 0) is 21.6 Å². The summed E-state index contributed by atoms with van der Waals surface area (Å²) >= 11 is 0. The van der Waals surface area contributed by atoms with Crippen molar-refractivity contribution in [1.29, 1.82) is 0 Å². The zero-order valence-electron chi connectivity index (χ0n) is 16.0. The fraction of sp³-hybridized carbons (Fsp3) is 0.286. The number of hydrogen-bond donors (Lipinski definition) is 1. The van der Waals surface area contributed by atoms with Crippen molar-refractivity contribution in [3.63, 3.8) is 0 Å². The van der Waals surface area contributed by atoms with Crippen LogP contribution in [0.1, 0.15) is 38.8 Å². The molecule has 0 saturated carbocycles. The average Bonchev–Trinajstić information content (AvgIpc) is 3.01. The van der Waals surface area contributed by atoms with Crippen LogP contribution in [0.4, 0.5) is 0 Å². The lowest BCUT2D eigenvalue weighted by atomic mass is 9.82. The number of aromatic nitrogens is 3. The van der Waals surface area contributed by atoms with Gasteiger partial charge in [0.1, 0.15) is 29.1 Å². The molecule has 0 atom stereocenters. The molecule has 27 heavy (non-hydrogen) atoms. The Bertz CT molecular complexity index is 996. The van der Waals surface area contributed by atoms with Gasteiger partial charge in [-0.25, -0.2) is 4.79 Å². The van der Waals surface area contributed by atoms with E-state index >= 15 is 0 Å². The zero-order valence-corrected chi connectivity index (χ0v) is 16.0. The maximum Gasteiger partial charge on any atom is 0.333 e. The number of carbonyl (C=O) groups is 1. The number of rotatable bonds is 4. The second-order valence-corrected chi connectivity index (χ2v) is 7.55. The summed E-state index contributed by atoms with van der Waals surface area (Å²) in [6, 6.07) is 11.1. The first-order valence-corrected chi connectivity index (χ1v) is 8.69. The Labute approximate surface area is 158 Å². The highest BCUT2D eigenvalue weighted by molar-refractivity contribution is 5.87. The van der Waals surface area contributed by atoms with E-state index in [2.05, 4.69) is 16.8 Å². The fourth-order valence-corrected chi connectivity index (χ4v) is 2.97. The van der Waals surface area contributed by atoms with Gasteiger partial charge < -0.3 is 9.84 Å². The number of hydrogen-bond acceptors (Lipinski definition) is 5. The Morgan fingerprint density at radius 3 is 2.26 bits per heavy atom. The van der Waals surface area contributed by atoms with Crippen molar-refractivity contribution in [2.24, 2.45) is 0 Å². The molecule has 0 bridgehead atoms. The van der Waals surface area contributed by atoms with E-state index in [0.717, 1.165) is 16.6 Å². The van der Waals surface area contributed by atoms with Gasteiger partial charge in [0, 0.05) is 11.1 Å². The highest BCUT2D eigenvalue weighted by Crippen LogP contribution is 2.38. The molecule has 0 radical (unpaired) electrons. The number of esters is 1. The standard InChI is InChI=1S/C21H23N3O3/c1-13(2)20(26)27-12-14-10-11-17(19(25)18(14)21(3,4)5)24-22-15-8-6-7-9-16(15)23-24/h6-11,25H,1,12H2,2-5H3. The second kappa shape index (κ2) is 6.87. The first-order chi connectivity index (χ1) is 12.7. The lowest BCUT2D eigenvalue weighted by molar-refractivity contribution is -0.140. The molecule has 0 amide bonds. The molecule has 3 rings (SSSR count). The highest BCUT2D eigenvalue weighted by atomic mass is 16.5. The fourth-order valence-electron chi connectivity index (χ4n) is 2.97. The van der Waals surface area contributed by atoms with Gasteiger partial charge >= 0.3 is 5.97 Å². The van der Waals surface area contributed by atoms with Crippen LogP contribution in [-0.4, -0.2) is 26.1 Å². The first-order valence-electron chi connectivity index (χ1n) is 8.69. The lowest BCUT2D eigenvalue weighted by Gasteiger charge is -2.25. The van der Waals surface area contributed by atoms with Gasteiger partial charge in [0.15, 0.2) is 0 Å². The molecule has 0 saturated heterocycles. The van der Waals surface area contributed by atoms with Crippen LogP contribution in [0.25, 0.3) is 16.7 Å². The summed E-state index contributed by atoms with van der Waals surface area (Å²) in [5.74, 6) is -0.384. The number of aromatic hydroxyl groups is 1. The van der Waals surface area contributed by atoms with E-state index in [1.807, 2.05) is 51.1 Å². The smallest absolute Gasteiger partial charge is 0.333 e. The van der Waals surface area contributed by atoms with Crippen molar-refractivity contribution < 1.29 is 14.6 Å². The topological polar surface area (TPSA) is 77.2 Å². The Morgan fingerprint density at radius 1 is 1.15 bits per heavy atom. The largest absolute Gasteiger partial charge is 0.505 e. The quantitative estimate of drug-likeness (QED) is 0.558. The van der Waals surface area contributed by atoms with Crippen molar-refractivity contribution in [2.75, 3.05) is 0 Å². The SMILES string of the molecule is C=C(C)C(=O)OCc1ccc(-n2nc3ccccc3n2)c(O)c1C(C)(C)C. The molecule has 0 aliphatic rings. The molecule has 0 unspecified atom stereocenters. The normalized spacial score (nSPS) is 11.6. The van der Waals surface area contributed by atoms with Crippen molar-refractivity contribution in [3.05, 3.63) is 59.7 Å². The number of phenolic OH excluding ortho intramolecular Hbond substituents is 1. The zero-order chi connectivity index (χ0) is 19.8. The van der Waals surface area contributed by atoms with Gasteiger partial charge in [0.05, 0.1) is 0 Å². The molecular formula is C21H23N3O3. The van der Waals surface area contributed by atoms with Gasteiger partial charge in [-0.3, -0.25) is 0 Å². The van der Waals surface area contributed by atoms with E-state index in [4.69, 9.17) is 4.74 Å². The molecule has 3 aromatic rings. The number of carbonyl (C=O) groups excluding carboxylic acids is 1. The molecule has 140 valence electrons. The Balaban J connectivity index is 2.07. The summed E-state index contributed by atoms with van der Waals surface area (Å²) < 4.78 is 5.29. The third kappa shape index (κ3) is 3.69. The van der Waals surface area contributed by atoms with Crippen LogP contribution in [0.2, 0.25) is 0 Å². The van der Waals surface area contributed by atoms with Crippen molar-refractivity contribution in [2.45, 2.75) is 39.7 Å². The Hall–Kier alpha value is -3.15. The van der Waals surface area contributed by atoms with E-state index in [-0.39, 0.29) is 17.8 Å². The van der Waals surface area contributed by atoms with Gasteiger partial charge in [0.2, 0.25) is 0 Å². The maximum atomic E-state index is 11.7. The van der Waals surface area contributed by atoms with Gasteiger partial charge in [0.25, 0.3) is 0 Å². The molecule has 1 heterocycles. The molecule has 6 heteroatoms. The van der Waals surface area contributed by atoms with E-state index in [0.29, 0.717) is 16.8 Å². The lowest BCUT2D eigenvalue weighted by Crippen LogP contribution is -2.17. The van der Waals surface area contributed by atoms with Gasteiger partial charge in [-0.1, -0.05) is 45.5 Å². The maximum absolute atomic E-state index is 11.7. The Kier molecular flexibility index (Phi) is 4.74. The number of nitrogens with zero attached hydrogens (tertiary/aromatic N) is 3. The number of benzene rings is 2. The van der Waals surface area contributed by atoms with Crippen LogP contribution >= 0.6 is 0 Å². The number of phenols is 1. The first kappa shape index (κ1) is 18.6. The predicted octanol–water partition coefficient (Wildman–Crippen LogP) is 4.04. The van der Waals surface area contributed by atoms with E-state index < -0.39 is 5.97 Å². The second-order valence-electron chi connectivity index (χ2n) is 7.55.